The van der Waals surface area contributed by atoms with Gasteiger partial charge in [0.15, 0.2) is 5.78 Å². The van der Waals surface area contributed by atoms with Crippen LogP contribution in [-0.2, 0) is 6.42 Å². The van der Waals surface area contributed by atoms with Gasteiger partial charge in [-0.15, -0.1) is 11.3 Å². The highest BCUT2D eigenvalue weighted by Crippen LogP contribution is 2.33. The Hall–Kier alpha value is -2.27. The van der Waals surface area contributed by atoms with Gasteiger partial charge in [0.25, 0.3) is 0 Å². The van der Waals surface area contributed by atoms with Crippen LogP contribution in [0.5, 0.6) is 0 Å². The smallest absolute Gasteiger partial charge is 0.200 e. The van der Waals surface area contributed by atoms with Gasteiger partial charge >= 0.3 is 0 Å². The van der Waals surface area contributed by atoms with Gasteiger partial charge in [-0.25, -0.2) is 4.39 Å². The first-order valence-electron chi connectivity index (χ1n) is 7.04. The zero-order valence-electron chi connectivity index (χ0n) is 11.6. The molecule has 0 saturated carbocycles. The number of benzene rings is 1. The van der Waals surface area contributed by atoms with E-state index in [-0.39, 0.29) is 28.1 Å². The van der Waals surface area contributed by atoms with Crippen molar-refractivity contribution in [2.24, 2.45) is 0 Å². The van der Waals surface area contributed by atoms with Crippen LogP contribution in [0.3, 0.4) is 0 Å². The molecule has 2 heterocycles. The molecule has 0 amide bonds. The summed E-state index contributed by atoms with van der Waals surface area (Å²) in [5, 5.41) is 2.22. The lowest BCUT2D eigenvalue weighted by Crippen LogP contribution is -2.27. The summed E-state index contributed by atoms with van der Waals surface area (Å²) in [4.78, 5) is 29.3. The molecule has 110 valence electrons. The minimum atomic E-state index is -0.474. The fraction of sp³-hybridized carbons (Fsp3) is 0.176. The number of pyridine rings is 1. The Labute approximate surface area is 129 Å². The molecule has 1 atom stereocenters. The first-order chi connectivity index (χ1) is 10.6. The number of aromatic nitrogens is 1. The molecule has 0 spiro atoms. The number of fused-ring (bicyclic) bond motifs is 2. The molecule has 0 radical (unpaired) electrons. The number of nitrogens with one attached hydrogen (secondary N) is 1. The largest absolute Gasteiger partial charge is 0.358 e. The van der Waals surface area contributed by atoms with E-state index in [9.17, 15) is 14.0 Å². The van der Waals surface area contributed by atoms with Crippen molar-refractivity contribution in [2.75, 3.05) is 0 Å². The molecule has 22 heavy (non-hydrogen) atoms. The van der Waals surface area contributed by atoms with Crippen LogP contribution in [0.15, 0.2) is 40.5 Å². The lowest BCUT2D eigenvalue weighted by atomic mass is 9.84. The van der Waals surface area contributed by atoms with E-state index in [4.69, 9.17) is 0 Å². The van der Waals surface area contributed by atoms with Gasteiger partial charge in [-0.3, -0.25) is 9.59 Å². The van der Waals surface area contributed by atoms with Crippen LogP contribution < -0.4 is 5.43 Å². The molecule has 0 saturated heterocycles. The van der Waals surface area contributed by atoms with Crippen LogP contribution in [0, 0.1) is 5.82 Å². The van der Waals surface area contributed by atoms with E-state index in [1.165, 1.54) is 12.1 Å². The van der Waals surface area contributed by atoms with E-state index < -0.39 is 5.82 Å². The summed E-state index contributed by atoms with van der Waals surface area (Å²) in [6.07, 6.45) is 0.960. The molecule has 1 aromatic carbocycles. The van der Waals surface area contributed by atoms with Crippen molar-refractivity contribution in [1.29, 1.82) is 0 Å². The number of rotatable bonds is 1. The summed E-state index contributed by atoms with van der Waals surface area (Å²) in [7, 11) is 0. The summed E-state index contributed by atoms with van der Waals surface area (Å²) < 4.78 is 13.4. The zero-order valence-corrected chi connectivity index (χ0v) is 12.4. The number of Topliss-reactive ketones (excluding diaryl/α,β-unsaturated/α-hetero) is 1. The van der Waals surface area contributed by atoms with Crippen molar-refractivity contribution in [3.05, 3.63) is 67.9 Å². The van der Waals surface area contributed by atoms with E-state index in [2.05, 4.69) is 4.98 Å². The SMILES string of the molecule is O=C1CC(c2cccs2)Cc2[nH]c3ccc(F)cc3c(=O)c21. The number of ketones is 1. The van der Waals surface area contributed by atoms with Gasteiger partial charge in [0.2, 0.25) is 5.43 Å². The molecule has 1 N–H and O–H groups in total. The molecule has 5 heteroatoms. The molecule has 4 rings (SSSR count). The maximum absolute atomic E-state index is 13.4. The lowest BCUT2D eigenvalue weighted by molar-refractivity contribution is 0.0963. The minimum Gasteiger partial charge on any atom is -0.358 e. The zero-order chi connectivity index (χ0) is 15.3. The second-order valence-electron chi connectivity index (χ2n) is 5.54. The highest BCUT2D eigenvalue weighted by Gasteiger charge is 2.30. The number of hydrogen-bond acceptors (Lipinski definition) is 3. The lowest BCUT2D eigenvalue weighted by Gasteiger charge is -2.22. The number of halogens is 1. The number of aromatic amines is 1. The van der Waals surface area contributed by atoms with Gasteiger partial charge in [0.1, 0.15) is 5.82 Å². The standard InChI is InChI=1S/C17H12FNO2S/c18-10-3-4-12-11(8-10)17(21)16-13(19-12)6-9(7-14(16)20)15-2-1-5-22-15/h1-5,8-9H,6-7H2,(H,19,21). The van der Waals surface area contributed by atoms with Crippen molar-refractivity contribution in [3.63, 3.8) is 0 Å². The monoisotopic (exact) mass is 313 g/mol. The number of hydrogen-bond donors (Lipinski definition) is 1. The van der Waals surface area contributed by atoms with Gasteiger partial charge in [-0.05, 0) is 36.1 Å². The van der Waals surface area contributed by atoms with Crippen LogP contribution >= 0.6 is 11.3 Å². The maximum Gasteiger partial charge on any atom is 0.200 e. The van der Waals surface area contributed by atoms with E-state index in [0.717, 1.165) is 4.88 Å². The van der Waals surface area contributed by atoms with Crippen LogP contribution in [0.1, 0.15) is 33.3 Å². The highest BCUT2D eigenvalue weighted by atomic mass is 32.1. The molecular weight excluding hydrogens is 301 g/mol. The number of H-pyrrole nitrogens is 1. The van der Waals surface area contributed by atoms with E-state index in [1.54, 1.807) is 17.4 Å². The Kier molecular flexibility index (Phi) is 2.97. The van der Waals surface area contributed by atoms with Crippen molar-refractivity contribution >= 4 is 28.0 Å². The first kappa shape index (κ1) is 13.4. The van der Waals surface area contributed by atoms with E-state index in [1.807, 2.05) is 17.5 Å². The summed E-state index contributed by atoms with van der Waals surface area (Å²) in [6, 6.07) is 8.03. The average molecular weight is 313 g/mol. The fourth-order valence-electron chi connectivity index (χ4n) is 3.13. The van der Waals surface area contributed by atoms with Crippen LogP contribution in [0.2, 0.25) is 0 Å². The second-order valence-corrected chi connectivity index (χ2v) is 6.52. The Morgan fingerprint density at radius 2 is 2.05 bits per heavy atom. The van der Waals surface area contributed by atoms with Gasteiger partial charge < -0.3 is 4.98 Å². The van der Waals surface area contributed by atoms with Gasteiger partial charge in [-0.1, -0.05) is 6.07 Å². The van der Waals surface area contributed by atoms with Crippen LogP contribution in [-0.4, -0.2) is 10.8 Å². The third kappa shape index (κ3) is 2.01. The van der Waals surface area contributed by atoms with Crippen LogP contribution in [0.4, 0.5) is 4.39 Å². The molecule has 0 aliphatic heterocycles. The summed E-state index contributed by atoms with van der Waals surface area (Å²) in [6.45, 7) is 0. The molecule has 0 fully saturated rings. The molecular formula is C17H12FNO2S. The Bertz CT molecular complexity index is 943. The normalized spacial score (nSPS) is 17.7. The quantitative estimate of drug-likeness (QED) is 0.745. The Morgan fingerprint density at radius 3 is 2.82 bits per heavy atom. The van der Waals surface area contributed by atoms with Crippen molar-refractivity contribution in [1.82, 2.24) is 4.98 Å². The molecule has 2 aromatic heterocycles. The van der Waals surface area contributed by atoms with Crippen molar-refractivity contribution < 1.29 is 9.18 Å². The van der Waals surface area contributed by atoms with Gasteiger partial charge in [-0.2, -0.15) is 0 Å². The molecule has 0 bridgehead atoms. The predicted octanol–water partition coefficient (Wildman–Crippen LogP) is 3.64. The third-order valence-electron chi connectivity index (χ3n) is 4.15. The van der Waals surface area contributed by atoms with Gasteiger partial charge in [0, 0.05) is 33.8 Å². The number of carbonyl (C=O) groups is 1. The summed E-state index contributed by atoms with van der Waals surface area (Å²) in [5.74, 6) is -0.529. The second kappa shape index (κ2) is 4.88. The first-order valence-corrected chi connectivity index (χ1v) is 7.92. The van der Waals surface area contributed by atoms with E-state index in [0.29, 0.717) is 24.1 Å². The number of carbonyl (C=O) groups excluding carboxylic acids is 1. The number of thiophene rings is 1. The predicted molar refractivity (Wildman–Crippen MR) is 84.2 cm³/mol. The van der Waals surface area contributed by atoms with Crippen molar-refractivity contribution in [2.45, 2.75) is 18.8 Å². The maximum atomic E-state index is 13.4. The Morgan fingerprint density at radius 1 is 1.18 bits per heavy atom. The minimum absolute atomic E-state index is 0.105. The third-order valence-corrected chi connectivity index (χ3v) is 5.18. The highest BCUT2D eigenvalue weighted by molar-refractivity contribution is 7.10. The molecule has 1 aliphatic rings. The fourth-order valence-corrected chi connectivity index (χ4v) is 3.96. The Balaban J connectivity index is 1.91. The van der Waals surface area contributed by atoms with Crippen LogP contribution in [0.25, 0.3) is 10.9 Å². The van der Waals surface area contributed by atoms with E-state index >= 15 is 0 Å². The topological polar surface area (TPSA) is 49.9 Å². The molecule has 1 unspecified atom stereocenters. The molecule has 1 aliphatic carbocycles. The van der Waals surface area contributed by atoms with Gasteiger partial charge in [0.05, 0.1) is 5.56 Å². The summed E-state index contributed by atoms with van der Waals surface area (Å²) in [5.41, 5.74) is 1.08. The van der Waals surface area contributed by atoms with Crippen molar-refractivity contribution in [3.8, 4) is 0 Å². The molecule has 3 aromatic rings. The molecule has 3 nitrogen and oxygen atoms in total. The average Bonchev–Trinajstić information content (AvgIpc) is 3.02. The summed E-state index contributed by atoms with van der Waals surface area (Å²) >= 11 is 1.62.